The Kier molecular flexibility index (Phi) is 5.34. The van der Waals surface area contributed by atoms with Crippen LogP contribution in [0.3, 0.4) is 0 Å². The number of hydrogen-bond acceptors (Lipinski definition) is 5. The Bertz CT molecular complexity index is 1640. The minimum absolute atomic E-state index is 0.0522. The van der Waals surface area contributed by atoms with E-state index in [0.717, 1.165) is 16.8 Å². The van der Waals surface area contributed by atoms with Gasteiger partial charge in [0.15, 0.2) is 5.43 Å². The number of benzene rings is 3. The number of aryl methyl sites for hydroxylation is 1. The molecule has 0 bridgehead atoms. The maximum Gasteiger partial charge on any atom is 0.296 e. The summed E-state index contributed by atoms with van der Waals surface area (Å²) >= 11 is 0. The Balaban J connectivity index is 1.44. The lowest BCUT2D eigenvalue weighted by atomic mass is 9.98. The van der Waals surface area contributed by atoms with Crippen molar-refractivity contribution in [3.05, 3.63) is 135 Å². The number of anilines is 1. The lowest BCUT2D eigenvalue weighted by Crippen LogP contribution is -2.30. The Labute approximate surface area is 207 Å². The van der Waals surface area contributed by atoms with Gasteiger partial charge in [-0.3, -0.25) is 14.5 Å². The highest BCUT2D eigenvalue weighted by Crippen LogP contribution is 2.41. The van der Waals surface area contributed by atoms with Gasteiger partial charge in [0.2, 0.25) is 5.76 Å². The summed E-state index contributed by atoms with van der Waals surface area (Å²) in [6.45, 7) is 2.31. The van der Waals surface area contributed by atoms with E-state index in [4.69, 9.17) is 9.15 Å². The topological polar surface area (TPSA) is 72.6 Å². The van der Waals surface area contributed by atoms with Crippen LogP contribution in [0.2, 0.25) is 0 Å². The highest BCUT2D eigenvalue weighted by molar-refractivity contribution is 6.10. The van der Waals surface area contributed by atoms with Crippen LogP contribution in [0.25, 0.3) is 11.0 Å². The van der Waals surface area contributed by atoms with Gasteiger partial charge in [-0.1, -0.05) is 60.7 Å². The summed E-state index contributed by atoms with van der Waals surface area (Å²) in [6, 6.07) is 29.2. The fraction of sp³-hybridized carbons (Fsp3) is 0.100. The molecule has 36 heavy (non-hydrogen) atoms. The summed E-state index contributed by atoms with van der Waals surface area (Å²) in [4.78, 5) is 33.4. The van der Waals surface area contributed by atoms with Crippen molar-refractivity contribution >= 4 is 22.7 Å². The molecule has 0 spiro atoms. The highest BCUT2D eigenvalue weighted by atomic mass is 16.5. The van der Waals surface area contributed by atoms with Gasteiger partial charge in [0.05, 0.1) is 17.0 Å². The normalized spacial score (nSPS) is 14.8. The number of aromatic nitrogens is 1. The van der Waals surface area contributed by atoms with E-state index in [1.54, 1.807) is 35.2 Å². The Hall–Kier alpha value is -4.71. The van der Waals surface area contributed by atoms with Crippen molar-refractivity contribution in [2.24, 2.45) is 0 Å². The third-order valence-corrected chi connectivity index (χ3v) is 6.34. The van der Waals surface area contributed by atoms with Gasteiger partial charge in [0.25, 0.3) is 5.91 Å². The Morgan fingerprint density at radius 3 is 2.39 bits per heavy atom. The Morgan fingerprint density at radius 2 is 1.61 bits per heavy atom. The smallest absolute Gasteiger partial charge is 0.296 e. The quantitative estimate of drug-likeness (QED) is 0.321. The molecule has 1 unspecified atom stereocenters. The largest absolute Gasteiger partial charge is 0.489 e. The molecule has 176 valence electrons. The molecule has 1 amide bonds. The molecule has 0 N–H and O–H groups in total. The second kappa shape index (κ2) is 8.82. The fourth-order valence-corrected chi connectivity index (χ4v) is 4.62. The van der Waals surface area contributed by atoms with E-state index < -0.39 is 6.04 Å². The number of carbonyl (C=O) groups excluding carboxylic acids is 1. The van der Waals surface area contributed by atoms with Crippen LogP contribution in [-0.4, -0.2) is 10.9 Å². The molecular weight excluding hydrogens is 452 g/mol. The number of amides is 1. The SMILES string of the molecule is Cc1cccc(N2C(=O)c3oc4ccccc4c(=O)c3C2c2ccc(OCc3ccccc3)cc2)n1. The maximum atomic E-state index is 13.6. The average Bonchev–Trinajstić information content (AvgIpc) is 3.21. The van der Waals surface area contributed by atoms with Crippen molar-refractivity contribution in [2.75, 3.05) is 4.90 Å². The minimum Gasteiger partial charge on any atom is -0.489 e. The monoisotopic (exact) mass is 474 g/mol. The molecule has 1 aliphatic heterocycles. The molecular formula is C30H22N2O4. The van der Waals surface area contributed by atoms with Crippen LogP contribution in [-0.2, 0) is 6.61 Å². The van der Waals surface area contributed by atoms with E-state index in [1.165, 1.54) is 0 Å². The third kappa shape index (κ3) is 3.73. The van der Waals surface area contributed by atoms with E-state index in [-0.39, 0.29) is 17.1 Å². The van der Waals surface area contributed by atoms with Gasteiger partial charge in [-0.25, -0.2) is 4.98 Å². The molecule has 1 aliphatic rings. The first-order valence-corrected chi connectivity index (χ1v) is 11.7. The summed E-state index contributed by atoms with van der Waals surface area (Å²) < 4.78 is 11.9. The van der Waals surface area contributed by atoms with E-state index in [9.17, 15) is 9.59 Å². The molecule has 5 aromatic rings. The van der Waals surface area contributed by atoms with Gasteiger partial charge in [-0.2, -0.15) is 0 Å². The summed E-state index contributed by atoms with van der Waals surface area (Å²) in [6.07, 6.45) is 0. The number of ether oxygens (including phenoxy) is 1. The molecule has 3 aromatic carbocycles. The molecule has 1 atom stereocenters. The number of carbonyl (C=O) groups is 1. The van der Waals surface area contributed by atoms with E-state index >= 15 is 0 Å². The van der Waals surface area contributed by atoms with Crippen molar-refractivity contribution < 1.29 is 13.9 Å². The number of fused-ring (bicyclic) bond motifs is 2. The van der Waals surface area contributed by atoms with Crippen LogP contribution < -0.4 is 15.1 Å². The lowest BCUT2D eigenvalue weighted by molar-refractivity contribution is 0.0970. The van der Waals surface area contributed by atoms with Gasteiger partial charge >= 0.3 is 0 Å². The molecule has 0 aliphatic carbocycles. The molecule has 6 nitrogen and oxygen atoms in total. The van der Waals surface area contributed by atoms with Crippen molar-refractivity contribution in [1.82, 2.24) is 4.98 Å². The Morgan fingerprint density at radius 1 is 0.861 bits per heavy atom. The van der Waals surface area contributed by atoms with Crippen molar-refractivity contribution in [1.29, 1.82) is 0 Å². The van der Waals surface area contributed by atoms with Crippen LogP contribution in [0.4, 0.5) is 5.82 Å². The molecule has 2 aromatic heterocycles. The predicted molar refractivity (Wildman–Crippen MR) is 137 cm³/mol. The van der Waals surface area contributed by atoms with Gasteiger partial charge in [-0.15, -0.1) is 0 Å². The highest BCUT2D eigenvalue weighted by Gasteiger charge is 2.44. The average molecular weight is 475 g/mol. The maximum absolute atomic E-state index is 13.6. The summed E-state index contributed by atoms with van der Waals surface area (Å²) in [7, 11) is 0. The predicted octanol–water partition coefficient (Wildman–Crippen LogP) is 5.83. The summed E-state index contributed by atoms with van der Waals surface area (Å²) in [5.74, 6) is 0.818. The molecule has 6 rings (SSSR count). The number of pyridine rings is 1. The number of hydrogen-bond donors (Lipinski definition) is 0. The number of para-hydroxylation sites is 1. The summed E-state index contributed by atoms with van der Waals surface area (Å²) in [5, 5.41) is 0.441. The van der Waals surface area contributed by atoms with E-state index in [0.29, 0.717) is 34.7 Å². The zero-order valence-corrected chi connectivity index (χ0v) is 19.5. The number of nitrogens with zero attached hydrogens (tertiary/aromatic N) is 2. The van der Waals surface area contributed by atoms with Crippen molar-refractivity contribution in [2.45, 2.75) is 19.6 Å². The van der Waals surface area contributed by atoms with Crippen LogP contribution >= 0.6 is 0 Å². The zero-order valence-electron chi connectivity index (χ0n) is 19.5. The fourth-order valence-electron chi connectivity index (χ4n) is 4.62. The van der Waals surface area contributed by atoms with Gasteiger partial charge in [0, 0.05) is 5.69 Å². The molecule has 0 fully saturated rings. The van der Waals surface area contributed by atoms with E-state index in [1.807, 2.05) is 73.7 Å². The second-order valence-electron chi connectivity index (χ2n) is 8.73. The van der Waals surface area contributed by atoms with Crippen LogP contribution in [0.1, 0.15) is 39.0 Å². The first-order valence-electron chi connectivity index (χ1n) is 11.7. The minimum atomic E-state index is -0.675. The molecule has 0 saturated carbocycles. The van der Waals surface area contributed by atoms with Gasteiger partial charge < -0.3 is 9.15 Å². The first kappa shape index (κ1) is 21.8. The third-order valence-electron chi connectivity index (χ3n) is 6.34. The first-order chi connectivity index (χ1) is 17.6. The molecule has 0 saturated heterocycles. The second-order valence-corrected chi connectivity index (χ2v) is 8.73. The van der Waals surface area contributed by atoms with Crippen molar-refractivity contribution in [3.63, 3.8) is 0 Å². The number of rotatable bonds is 5. The molecule has 3 heterocycles. The van der Waals surface area contributed by atoms with Crippen LogP contribution in [0.15, 0.2) is 106 Å². The van der Waals surface area contributed by atoms with Crippen LogP contribution in [0, 0.1) is 6.92 Å². The zero-order chi connectivity index (χ0) is 24.6. The van der Waals surface area contributed by atoms with Gasteiger partial charge in [0.1, 0.15) is 23.8 Å². The molecule has 6 heteroatoms. The molecule has 0 radical (unpaired) electrons. The van der Waals surface area contributed by atoms with E-state index in [2.05, 4.69) is 4.98 Å². The standard InChI is InChI=1S/C30H22N2O4/c1-19-8-7-13-25(31-19)32-27(21-14-16-22(17-15-21)35-18-20-9-3-2-4-10-20)26-28(33)23-11-5-6-12-24(23)36-29(26)30(32)34/h2-17,27H,18H2,1H3. The summed E-state index contributed by atoms with van der Waals surface area (Å²) in [5.41, 5.74) is 3.09. The van der Waals surface area contributed by atoms with Gasteiger partial charge in [-0.05, 0) is 54.4 Å². The lowest BCUT2D eigenvalue weighted by Gasteiger charge is -2.24. The van der Waals surface area contributed by atoms with Crippen LogP contribution in [0.5, 0.6) is 5.75 Å². The van der Waals surface area contributed by atoms with Crippen molar-refractivity contribution in [3.8, 4) is 5.75 Å².